The maximum atomic E-state index is 11.5. The summed E-state index contributed by atoms with van der Waals surface area (Å²) >= 11 is 7.41. The first-order chi connectivity index (χ1) is 8.69. The third kappa shape index (κ3) is 3.24. The Balaban J connectivity index is 2.03. The Morgan fingerprint density at radius 1 is 1.33 bits per heavy atom. The number of carbonyl (C=O) groups is 1. The summed E-state index contributed by atoms with van der Waals surface area (Å²) in [6.45, 7) is 0.703. The molecule has 0 fully saturated rings. The first-order valence-electron chi connectivity index (χ1n) is 5.49. The van der Waals surface area contributed by atoms with Crippen LogP contribution in [0.3, 0.4) is 0 Å². The third-order valence-electron chi connectivity index (χ3n) is 2.45. The maximum absolute atomic E-state index is 11.5. The molecule has 0 saturated heterocycles. The van der Waals surface area contributed by atoms with Crippen molar-refractivity contribution in [1.82, 2.24) is 5.32 Å². The van der Waals surface area contributed by atoms with Gasteiger partial charge in [0.25, 0.3) is 5.91 Å². The summed E-state index contributed by atoms with van der Waals surface area (Å²) in [6, 6.07) is 11.3. The molecule has 2 N–H and O–H groups in total. The van der Waals surface area contributed by atoms with Gasteiger partial charge in [0.05, 0.1) is 4.34 Å². The predicted octanol–water partition coefficient (Wildman–Crippen LogP) is 3.37. The van der Waals surface area contributed by atoms with Crippen molar-refractivity contribution in [1.29, 1.82) is 0 Å². The number of nitrogens with one attached hydrogen (secondary N) is 2. The number of benzene rings is 1. The molecule has 0 radical (unpaired) electrons. The second-order valence-electron chi connectivity index (χ2n) is 3.72. The SMILES string of the molecule is CNC(=O)c1cccc(NCc2ccc(Cl)s2)c1. The number of thiophene rings is 1. The van der Waals surface area contributed by atoms with E-state index >= 15 is 0 Å². The van der Waals surface area contributed by atoms with E-state index in [1.54, 1.807) is 24.5 Å². The molecule has 18 heavy (non-hydrogen) atoms. The van der Waals surface area contributed by atoms with Crippen LogP contribution in [0.25, 0.3) is 0 Å². The van der Waals surface area contributed by atoms with E-state index in [0.29, 0.717) is 12.1 Å². The van der Waals surface area contributed by atoms with Crippen LogP contribution in [-0.2, 0) is 6.54 Å². The first kappa shape index (κ1) is 12.9. The van der Waals surface area contributed by atoms with E-state index in [0.717, 1.165) is 14.9 Å². The molecule has 1 amide bonds. The molecule has 0 saturated carbocycles. The van der Waals surface area contributed by atoms with Gasteiger partial charge in [-0.15, -0.1) is 11.3 Å². The molecular formula is C13H13ClN2OS. The Kier molecular flexibility index (Phi) is 4.23. The topological polar surface area (TPSA) is 41.1 Å². The van der Waals surface area contributed by atoms with Gasteiger partial charge in [-0.1, -0.05) is 17.7 Å². The Morgan fingerprint density at radius 3 is 2.83 bits per heavy atom. The van der Waals surface area contributed by atoms with Crippen molar-refractivity contribution >= 4 is 34.5 Å². The van der Waals surface area contributed by atoms with E-state index in [-0.39, 0.29) is 5.91 Å². The Labute approximate surface area is 115 Å². The van der Waals surface area contributed by atoms with Crippen molar-refractivity contribution in [3.63, 3.8) is 0 Å². The van der Waals surface area contributed by atoms with E-state index < -0.39 is 0 Å². The Bertz CT molecular complexity index is 553. The van der Waals surface area contributed by atoms with Crippen LogP contribution in [0.4, 0.5) is 5.69 Å². The van der Waals surface area contributed by atoms with Gasteiger partial charge in [0.2, 0.25) is 0 Å². The molecule has 0 spiro atoms. The highest BCUT2D eigenvalue weighted by atomic mass is 35.5. The highest BCUT2D eigenvalue weighted by Gasteiger charge is 2.03. The minimum Gasteiger partial charge on any atom is -0.380 e. The third-order valence-corrected chi connectivity index (χ3v) is 3.68. The zero-order valence-corrected chi connectivity index (χ0v) is 11.4. The fourth-order valence-electron chi connectivity index (χ4n) is 1.55. The number of hydrogen-bond acceptors (Lipinski definition) is 3. The molecule has 0 aliphatic heterocycles. The zero-order chi connectivity index (χ0) is 13.0. The van der Waals surface area contributed by atoms with Crippen LogP contribution in [0.1, 0.15) is 15.2 Å². The Morgan fingerprint density at radius 2 is 2.17 bits per heavy atom. The van der Waals surface area contributed by atoms with Gasteiger partial charge in [-0.05, 0) is 30.3 Å². The number of carbonyl (C=O) groups excluding carboxylic acids is 1. The van der Waals surface area contributed by atoms with E-state index in [1.807, 2.05) is 30.3 Å². The van der Waals surface area contributed by atoms with E-state index in [9.17, 15) is 4.79 Å². The molecule has 1 aromatic carbocycles. The van der Waals surface area contributed by atoms with Crippen LogP contribution in [0.2, 0.25) is 4.34 Å². The molecule has 0 bridgehead atoms. The van der Waals surface area contributed by atoms with Gasteiger partial charge < -0.3 is 10.6 Å². The van der Waals surface area contributed by atoms with Crippen molar-refractivity contribution in [2.24, 2.45) is 0 Å². The lowest BCUT2D eigenvalue weighted by Gasteiger charge is -2.06. The largest absolute Gasteiger partial charge is 0.380 e. The second kappa shape index (κ2) is 5.89. The van der Waals surface area contributed by atoms with Crippen LogP contribution < -0.4 is 10.6 Å². The maximum Gasteiger partial charge on any atom is 0.251 e. The van der Waals surface area contributed by atoms with E-state index in [2.05, 4.69) is 10.6 Å². The molecule has 0 unspecified atom stereocenters. The molecule has 5 heteroatoms. The van der Waals surface area contributed by atoms with Gasteiger partial charge in [-0.25, -0.2) is 0 Å². The molecule has 0 aliphatic carbocycles. The van der Waals surface area contributed by atoms with Crippen LogP contribution in [-0.4, -0.2) is 13.0 Å². The van der Waals surface area contributed by atoms with E-state index in [4.69, 9.17) is 11.6 Å². The highest BCUT2D eigenvalue weighted by Crippen LogP contribution is 2.22. The van der Waals surface area contributed by atoms with Gasteiger partial charge in [0.15, 0.2) is 0 Å². The smallest absolute Gasteiger partial charge is 0.251 e. The van der Waals surface area contributed by atoms with Crippen LogP contribution >= 0.6 is 22.9 Å². The molecule has 0 aliphatic rings. The molecule has 2 aromatic rings. The summed E-state index contributed by atoms with van der Waals surface area (Å²) in [5.74, 6) is -0.0854. The molecule has 2 rings (SSSR count). The van der Waals surface area contributed by atoms with Gasteiger partial charge in [-0.3, -0.25) is 4.79 Å². The molecule has 94 valence electrons. The number of rotatable bonds is 4. The van der Waals surface area contributed by atoms with Crippen molar-refractivity contribution in [3.8, 4) is 0 Å². The summed E-state index contributed by atoms with van der Waals surface area (Å²) in [6.07, 6.45) is 0. The molecule has 1 heterocycles. The lowest BCUT2D eigenvalue weighted by Crippen LogP contribution is -2.17. The quantitative estimate of drug-likeness (QED) is 0.901. The molecule has 1 aromatic heterocycles. The summed E-state index contributed by atoms with van der Waals surface area (Å²) in [4.78, 5) is 12.6. The summed E-state index contributed by atoms with van der Waals surface area (Å²) in [5, 5.41) is 5.87. The summed E-state index contributed by atoms with van der Waals surface area (Å²) in [5.41, 5.74) is 1.56. The van der Waals surface area contributed by atoms with Crippen molar-refractivity contribution in [2.75, 3.05) is 12.4 Å². The second-order valence-corrected chi connectivity index (χ2v) is 5.52. The predicted molar refractivity (Wildman–Crippen MR) is 76.5 cm³/mol. The average molecular weight is 281 g/mol. The van der Waals surface area contributed by atoms with Crippen molar-refractivity contribution in [3.05, 3.63) is 51.2 Å². The van der Waals surface area contributed by atoms with Gasteiger partial charge in [-0.2, -0.15) is 0 Å². The number of halogens is 1. The normalized spacial score (nSPS) is 10.1. The van der Waals surface area contributed by atoms with Crippen LogP contribution in [0.15, 0.2) is 36.4 Å². The lowest BCUT2D eigenvalue weighted by molar-refractivity contribution is 0.0963. The molecule has 0 atom stereocenters. The van der Waals surface area contributed by atoms with Crippen molar-refractivity contribution in [2.45, 2.75) is 6.54 Å². The summed E-state index contributed by atoms with van der Waals surface area (Å²) in [7, 11) is 1.62. The van der Waals surface area contributed by atoms with Crippen LogP contribution in [0.5, 0.6) is 0 Å². The van der Waals surface area contributed by atoms with Gasteiger partial charge in [0, 0.05) is 29.7 Å². The van der Waals surface area contributed by atoms with Gasteiger partial charge >= 0.3 is 0 Å². The Hall–Kier alpha value is -1.52. The standard InChI is InChI=1S/C13H13ClN2OS/c1-15-13(17)9-3-2-4-10(7-9)16-8-11-5-6-12(14)18-11/h2-7,16H,8H2,1H3,(H,15,17). The number of amides is 1. The first-order valence-corrected chi connectivity index (χ1v) is 6.68. The summed E-state index contributed by atoms with van der Waals surface area (Å²) < 4.78 is 0.783. The van der Waals surface area contributed by atoms with Gasteiger partial charge in [0.1, 0.15) is 0 Å². The lowest BCUT2D eigenvalue weighted by atomic mass is 10.2. The fourth-order valence-corrected chi connectivity index (χ4v) is 2.58. The number of hydrogen-bond donors (Lipinski definition) is 2. The fraction of sp³-hybridized carbons (Fsp3) is 0.154. The molecule has 3 nitrogen and oxygen atoms in total. The monoisotopic (exact) mass is 280 g/mol. The van der Waals surface area contributed by atoms with E-state index in [1.165, 1.54) is 0 Å². The number of anilines is 1. The average Bonchev–Trinajstić information content (AvgIpc) is 2.81. The van der Waals surface area contributed by atoms with Crippen LogP contribution in [0, 0.1) is 0 Å². The minimum absolute atomic E-state index is 0.0854. The zero-order valence-electron chi connectivity index (χ0n) is 9.87. The van der Waals surface area contributed by atoms with Crippen molar-refractivity contribution < 1.29 is 4.79 Å². The molecular weight excluding hydrogens is 268 g/mol. The highest BCUT2D eigenvalue weighted by molar-refractivity contribution is 7.16. The minimum atomic E-state index is -0.0854.